The molecule has 0 saturated heterocycles. The van der Waals surface area contributed by atoms with Crippen LogP contribution in [0.4, 0.5) is 23.7 Å². The maximum Gasteiger partial charge on any atom is 0.416 e. The molecule has 0 aliphatic carbocycles. The molecule has 3 N–H and O–H groups in total. The maximum absolute atomic E-state index is 12.7. The Morgan fingerprint density at radius 1 is 1.32 bits per heavy atom. The van der Waals surface area contributed by atoms with Gasteiger partial charge in [0, 0.05) is 6.54 Å². The van der Waals surface area contributed by atoms with Gasteiger partial charge in [-0.1, -0.05) is 0 Å². The molecular formula is C13H15F3N2O4. The smallest absolute Gasteiger partial charge is 0.416 e. The number of carboxylic acid groups (broad SMARTS) is 1. The average Bonchev–Trinajstić information content (AvgIpc) is 2.39. The molecule has 122 valence electrons. The molecule has 0 aromatic heterocycles. The summed E-state index contributed by atoms with van der Waals surface area (Å²) in [7, 11) is 0. The maximum atomic E-state index is 12.7. The van der Waals surface area contributed by atoms with Gasteiger partial charge < -0.3 is 20.5 Å². The van der Waals surface area contributed by atoms with E-state index in [4.69, 9.17) is 9.84 Å². The number of aliphatic carboxylic acids is 1. The van der Waals surface area contributed by atoms with Crippen molar-refractivity contribution >= 4 is 17.7 Å². The Morgan fingerprint density at radius 3 is 2.55 bits per heavy atom. The van der Waals surface area contributed by atoms with E-state index in [1.165, 1.54) is 0 Å². The summed E-state index contributed by atoms with van der Waals surface area (Å²) in [4.78, 5) is 21.9. The Hall–Kier alpha value is -2.45. The van der Waals surface area contributed by atoms with Crippen LogP contribution in [0.15, 0.2) is 18.2 Å². The van der Waals surface area contributed by atoms with E-state index in [1.807, 2.05) is 0 Å². The van der Waals surface area contributed by atoms with Crippen molar-refractivity contribution in [3.05, 3.63) is 23.8 Å². The van der Waals surface area contributed by atoms with Crippen molar-refractivity contribution in [2.45, 2.75) is 19.5 Å². The number of hydrogen-bond acceptors (Lipinski definition) is 3. The Labute approximate surface area is 124 Å². The van der Waals surface area contributed by atoms with Crippen LogP contribution in [-0.4, -0.2) is 30.3 Å². The van der Waals surface area contributed by atoms with Crippen LogP contribution in [0, 0.1) is 0 Å². The topological polar surface area (TPSA) is 87.7 Å². The summed E-state index contributed by atoms with van der Waals surface area (Å²) < 4.78 is 43.2. The first-order valence-corrected chi connectivity index (χ1v) is 6.34. The van der Waals surface area contributed by atoms with Gasteiger partial charge in [0.25, 0.3) is 0 Å². The number of carbonyl (C=O) groups excluding carboxylic acids is 1. The zero-order chi connectivity index (χ0) is 16.8. The first-order chi connectivity index (χ1) is 10.2. The van der Waals surface area contributed by atoms with E-state index >= 15 is 0 Å². The third-order valence-corrected chi connectivity index (χ3v) is 2.48. The van der Waals surface area contributed by atoms with Crippen LogP contribution in [0.5, 0.6) is 5.75 Å². The van der Waals surface area contributed by atoms with Gasteiger partial charge in [-0.05, 0) is 25.1 Å². The van der Waals surface area contributed by atoms with Crippen molar-refractivity contribution in [1.29, 1.82) is 0 Å². The van der Waals surface area contributed by atoms with Gasteiger partial charge in [-0.3, -0.25) is 4.79 Å². The highest BCUT2D eigenvalue weighted by atomic mass is 19.4. The number of nitrogens with one attached hydrogen (secondary N) is 2. The van der Waals surface area contributed by atoms with Crippen LogP contribution in [0.2, 0.25) is 0 Å². The number of carbonyl (C=O) groups is 2. The summed E-state index contributed by atoms with van der Waals surface area (Å²) >= 11 is 0. The van der Waals surface area contributed by atoms with E-state index in [-0.39, 0.29) is 31.0 Å². The van der Waals surface area contributed by atoms with Gasteiger partial charge in [-0.25, -0.2) is 4.79 Å². The Kier molecular flexibility index (Phi) is 6.02. The van der Waals surface area contributed by atoms with Gasteiger partial charge in [-0.2, -0.15) is 13.2 Å². The fourth-order valence-electron chi connectivity index (χ4n) is 1.53. The van der Waals surface area contributed by atoms with Crippen LogP contribution < -0.4 is 15.4 Å². The summed E-state index contributed by atoms with van der Waals surface area (Å²) in [6, 6.07) is 1.89. The van der Waals surface area contributed by atoms with Crippen molar-refractivity contribution in [1.82, 2.24) is 5.32 Å². The molecule has 0 bridgehead atoms. The molecular weight excluding hydrogens is 305 g/mol. The molecule has 0 radical (unpaired) electrons. The molecule has 0 atom stereocenters. The number of carboxylic acids is 1. The molecule has 1 aromatic rings. The fraction of sp³-hybridized carbons (Fsp3) is 0.385. The van der Waals surface area contributed by atoms with Crippen molar-refractivity contribution in [3.8, 4) is 5.75 Å². The van der Waals surface area contributed by atoms with Gasteiger partial charge in [0.1, 0.15) is 5.75 Å². The minimum Gasteiger partial charge on any atom is -0.492 e. The van der Waals surface area contributed by atoms with Crippen LogP contribution in [0.1, 0.15) is 18.9 Å². The molecule has 22 heavy (non-hydrogen) atoms. The highest BCUT2D eigenvalue weighted by molar-refractivity contribution is 5.91. The van der Waals surface area contributed by atoms with Crippen molar-refractivity contribution in [2.24, 2.45) is 0 Å². The SMILES string of the molecule is CCOc1ccc(C(F)(F)F)cc1NC(=O)NCCC(=O)O. The first-order valence-electron chi connectivity index (χ1n) is 6.34. The van der Waals surface area contributed by atoms with E-state index in [9.17, 15) is 22.8 Å². The molecule has 0 fully saturated rings. The van der Waals surface area contributed by atoms with E-state index in [1.54, 1.807) is 6.92 Å². The zero-order valence-corrected chi connectivity index (χ0v) is 11.7. The van der Waals surface area contributed by atoms with Crippen molar-refractivity contribution in [2.75, 3.05) is 18.5 Å². The number of amides is 2. The fourth-order valence-corrected chi connectivity index (χ4v) is 1.53. The lowest BCUT2D eigenvalue weighted by Crippen LogP contribution is -2.30. The second kappa shape index (κ2) is 7.53. The van der Waals surface area contributed by atoms with E-state index in [0.717, 1.165) is 18.2 Å². The van der Waals surface area contributed by atoms with Crippen LogP contribution in [0.25, 0.3) is 0 Å². The highest BCUT2D eigenvalue weighted by Crippen LogP contribution is 2.35. The lowest BCUT2D eigenvalue weighted by molar-refractivity contribution is -0.138. The van der Waals surface area contributed by atoms with Gasteiger partial charge in [-0.15, -0.1) is 0 Å². The monoisotopic (exact) mass is 320 g/mol. The quantitative estimate of drug-likeness (QED) is 0.752. The number of rotatable bonds is 6. The average molecular weight is 320 g/mol. The van der Waals surface area contributed by atoms with E-state index in [0.29, 0.717) is 0 Å². The molecule has 0 unspecified atom stereocenters. The minimum absolute atomic E-state index is 0.0869. The number of hydrogen-bond donors (Lipinski definition) is 3. The van der Waals surface area contributed by atoms with Gasteiger partial charge in [0.2, 0.25) is 0 Å². The Balaban J connectivity index is 2.85. The van der Waals surface area contributed by atoms with E-state index in [2.05, 4.69) is 10.6 Å². The zero-order valence-electron chi connectivity index (χ0n) is 11.7. The molecule has 0 spiro atoms. The third-order valence-electron chi connectivity index (χ3n) is 2.48. The molecule has 6 nitrogen and oxygen atoms in total. The number of halogens is 3. The number of alkyl halides is 3. The highest BCUT2D eigenvalue weighted by Gasteiger charge is 2.31. The number of ether oxygens (including phenoxy) is 1. The first kappa shape index (κ1) is 17.6. The normalized spacial score (nSPS) is 10.9. The summed E-state index contributed by atoms with van der Waals surface area (Å²) in [6.45, 7) is 1.71. The summed E-state index contributed by atoms with van der Waals surface area (Å²) in [5.41, 5.74) is -1.08. The van der Waals surface area contributed by atoms with Crippen LogP contribution >= 0.6 is 0 Å². The van der Waals surface area contributed by atoms with Gasteiger partial charge in [0.05, 0.1) is 24.3 Å². The Bertz CT molecular complexity index is 547. The Morgan fingerprint density at radius 2 is 2.00 bits per heavy atom. The van der Waals surface area contributed by atoms with Gasteiger partial charge >= 0.3 is 18.2 Å². The summed E-state index contributed by atoms with van der Waals surface area (Å²) in [5.74, 6) is -1.02. The van der Waals surface area contributed by atoms with Crippen molar-refractivity contribution in [3.63, 3.8) is 0 Å². The second-order valence-corrected chi connectivity index (χ2v) is 4.17. The summed E-state index contributed by atoms with van der Waals surface area (Å²) in [6.07, 6.45) is -4.85. The number of anilines is 1. The molecule has 0 aliphatic rings. The summed E-state index contributed by atoms with van der Waals surface area (Å²) in [5, 5.41) is 12.9. The lowest BCUT2D eigenvalue weighted by atomic mass is 10.2. The molecule has 1 aromatic carbocycles. The standard InChI is InChI=1S/C13H15F3N2O4/c1-2-22-10-4-3-8(13(14,15)16)7-9(10)18-12(21)17-6-5-11(19)20/h3-4,7H,2,5-6H2,1H3,(H,19,20)(H2,17,18,21). The molecule has 0 aliphatic heterocycles. The van der Waals surface area contributed by atoms with Crippen LogP contribution in [-0.2, 0) is 11.0 Å². The van der Waals surface area contributed by atoms with Crippen LogP contribution in [0.3, 0.4) is 0 Å². The second-order valence-electron chi connectivity index (χ2n) is 4.17. The predicted octanol–water partition coefficient (Wildman–Crippen LogP) is 2.70. The predicted molar refractivity (Wildman–Crippen MR) is 71.9 cm³/mol. The third kappa shape index (κ3) is 5.51. The van der Waals surface area contributed by atoms with Gasteiger partial charge in [0.15, 0.2) is 0 Å². The lowest BCUT2D eigenvalue weighted by Gasteiger charge is -2.15. The van der Waals surface area contributed by atoms with Crippen molar-refractivity contribution < 1.29 is 32.6 Å². The number of urea groups is 1. The molecule has 0 heterocycles. The molecule has 0 saturated carbocycles. The molecule has 2 amide bonds. The number of benzene rings is 1. The minimum atomic E-state index is -4.55. The molecule has 1 rings (SSSR count). The molecule has 9 heteroatoms. The van der Waals surface area contributed by atoms with E-state index < -0.39 is 23.7 Å². The largest absolute Gasteiger partial charge is 0.492 e.